The summed E-state index contributed by atoms with van der Waals surface area (Å²) in [4.78, 5) is 20.5. The molecule has 2 atom stereocenters. The number of hydrogen-bond acceptors (Lipinski definition) is 6. The van der Waals surface area contributed by atoms with Crippen LogP contribution in [0.2, 0.25) is 0 Å². The van der Waals surface area contributed by atoms with Crippen molar-refractivity contribution in [1.82, 2.24) is 0 Å². The van der Waals surface area contributed by atoms with Gasteiger partial charge in [0.1, 0.15) is 11.9 Å². The first kappa shape index (κ1) is 13.9. The molecule has 0 saturated heterocycles. The van der Waals surface area contributed by atoms with E-state index in [2.05, 4.69) is 0 Å². The Kier molecular flexibility index (Phi) is 4.18. The van der Waals surface area contributed by atoms with Gasteiger partial charge >= 0.3 is 5.97 Å². The van der Waals surface area contributed by atoms with Gasteiger partial charge in [-0.3, -0.25) is 10.1 Å². The number of aliphatic hydroxyl groups excluding tert-OH is 2. The Morgan fingerprint density at radius 3 is 2.50 bits per heavy atom. The fourth-order valence-electron chi connectivity index (χ4n) is 1.37. The molecule has 1 aromatic carbocycles. The number of nitro groups is 1. The molecule has 0 spiro atoms. The number of benzene rings is 1. The lowest BCUT2D eigenvalue weighted by Crippen LogP contribution is -2.28. The fourth-order valence-corrected chi connectivity index (χ4v) is 1.37. The fraction of sp³-hybridized carbons (Fsp3) is 0.300. The predicted octanol–water partition coefficient (Wildman–Crippen LogP) is 0.0823. The second-order valence-electron chi connectivity index (χ2n) is 3.41. The van der Waals surface area contributed by atoms with Gasteiger partial charge < -0.3 is 20.1 Å². The summed E-state index contributed by atoms with van der Waals surface area (Å²) in [5, 5.41) is 38.1. The van der Waals surface area contributed by atoms with E-state index in [0.717, 1.165) is 12.1 Å². The quantitative estimate of drug-likeness (QED) is 0.503. The van der Waals surface area contributed by atoms with Crippen LogP contribution in [0, 0.1) is 10.1 Å². The average molecular weight is 257 g/mol. The number of nitro benzene ring substituents is 1. The van der Waals surface area contributed by atoms with Crippen molar-refractivity contribution in [2.75, 3.05) is 7.11 Å². The summed E-state index contributed by atoms with van der Waals surface area (Å²) in [5.41, 5.74) is -0.821. The highest BCUT2D eigenvalue weighted by Crippen LogP contribution is 2.30. The highest BCUT2D eigenvalue weighted by molar-refractivity contribution is 5.73. The zero-order chi connectivity index (χ0) is 13.9. The summed E-state index contributed by atoms with van der Waals surface area (Å²) >= 11 is 0. The molecule has 0 saturated carbocycles. The third-order valence-electron chi connectivity index (χ3n) is 2.30. The number of carboxylic acid groups (broad SMARTS) is 1. The molecule has 0 aliphatic carbocycles. The molecule has 0 amide bonds. The number of nitrogens with zero attached hydrogens (tertiary/aromatic N) is 1. The van der Waals surface area contributed by atoms with Crippen LogP contribution in [0.5, 0.6) is 5.75 Å². The second-order valence-corrected chi connectivity index (χ2v) is 3.41. The lowest BCUT2D eigenvalue weighted by atomic mass is 10.0. The van der Waals surface area contributed by atoms with Crippen molar-refractivity contribution in [3.8, 4) is 5.75 Å². The molecule has 8 heteroatoms. The molecule has 2 unspecified atom stereocenters. The molecular weight excluding hydrogens is 246 g/mol. The van der Waals surface area contributed by atoms with Crippen LogP contribution in [0.4, 0.5) is 5.69 Å². The first-order valence-electron chi connectivity index (χ1n) is 4.79. The molecule has 0 aromatic heterocycles. The van der Waals surface area contributed by atoms with Gasteiger partial charge in [0.05, 0.1) is 17.6 Å². The van der Waals surface area contributed by atoms with Crippen LogP contribution >= 0.6 is 0 Å². The molecule has 0 aliphatic rings. The average Bonchev–Trinajstić information content (AvgIpc) is 2.35. The Morgan fingerprint density at radius 1 is 1.44 bits per heavy atom. The van der Waals surface area contributed by atoms with E-state index < -0.39 is 28.8 Å². The van der Waals surface area contributed by atoms with E-state index in [1.807, 2.05) is 0 Å². The standard InChI is InChI=1S/C10H11NO7/c1-18-5-2-3-7(11(16)17)6(4-5)8(12)9(13)10(14)15/h2-4,8-9,12-13H,1H3,(H,14,15). The van der Waals surface area contributed by atoms with Crippen LogP contribution < -0.4 is 4.74 Å². The van der Waals surface area contributed by atoms with Gasteiger partial charge in [-0.15, -0.1) is 0 Å². The van der Waals surface area contributed by atoms with E-state index in [4.69, 9.17) is 9.84 Å². The van der Waals surface area contributed by atoms with Crippen molar-refractivity contribution < 1.29 is 29.8 Å². The van der Waals surface area contributed by atoms with Gasteiger partial charge in [0.25, 0.3) is 5.69 Å². The Labute approximate surface area is 101 Å². The molecule has 0 aliphatic heterocycles. The zero-order valence-corrected chi connectivity index (χ0v) is 9.31. The molecule has 1 rings (SSSR count). The SMILES string of the molecule is COc1ccc([N+](=O)[O-])c(C(O)C(O)C(=O)O)c1. The number of carboxylic acids is 1. The molecule has 3 N–H and O–H groups in total. The van der Waals surface area contributed by atoms with E-state index in [9.17, 15) is 25.1 Å². The van der Waals surface area contributed by atoms with Gasteiger partial charge in [-0.05, 0) is 12.1 Å². The summed E-state index contributed by atoms with van der Waals surface area (Å²) in [6, 6.07) is 3.46. The van der Waals surface area contributed by atoms with Crippen LogP contribution in [-0.4, -0.2) is 39.4 Å². The van der Waals surface area contributed by atoms with Crippen LogP contribution in [0.1, 0.15) is 11.7 Å². The van der Waals surface area contributed by atoms with Gasteiger partial charge in [0, 0.05) is 6.07 Å². The lowest BCUT2D eigenvalue weighted by Gasteiger charge is -2.15. The minimum atomic E-state index is -2.16. The lowest BCUT2D eigenvalue weighted by molar-refractivity contribution is -0.386. The summed E-state index contributed by atoms with van der Waals surface area (Å²) < 4.78 is 4.82. The van der Waals surface area contributed by atoms with Crippen LogP contribution in [-0.2, 0) is 4.79 Å². The molecule has 18 heavy (non-hydrogen) atoms. The summed E-state index contributed by atoms with van der Waals surface area (Å²) in [6.07, 6.45) is -4.08. The molecule has 98 valence electrons. The van der Waals surface area contributed by atoms with E-state index in [-0.39, 0.29) is 11.3 Å². The minimum absolute atomic E-state index is 0.201. The molecule has 8 nitrogen and oxygen atoms in total. The zero-order valence-electron chi connectivity index (χ0n) is 9.31. The maximum Gasteiger partial charge on any atom is 0.335 e. The number of hydrogen-bond donors (Lipinski definition) is 3. The van der Waals surface area contributed by atoms with Gasteiger partial charge in [-0.25, -0.2) is 4.79 Å². The predicted molar refractivity (Wildman–Crippen MR) is 58.3 cm³/mol. The summed E-state index contributed by atoms with van der Waals surface area (Å²) in [7, 11) is 1.31. The van der Waals surface area contributed by atoms with Crippen molar-refractivity contribution in [2.45, 2.75) is 12.2 Å². The van der Waals surface area contributed by atoms with Crippen LogP contribution in [0.3, 0.4) is 0 Å². The highest BCUT2D eigenvalue weighted by atomic mass is 16.6. The number of rotatable bonds is 5. The van der Waals surface area contributed by atoms with Crippen LogP contribution in [0.15, 0.2) is 18.2 Å². The summed E-state index contributed by atoms with van der Waals surface area (Å²) in [6.45, 7) is 0. The van der Waals surface area contributed by atoms with Gasteiger partial charge in [0.15, 0.2) is 6.10 Å². The summed E-state index contributed by atoms with van der Waals surface area (Å²) in [5.74, 6) is -1.48. The minimum Gasteiger partial charge on any atom is -0.497 e. The smallest absolute Gasteiger partial charge is 0.335 e. The molecule has 0 heterocycles. The van der Waals surface area contributed by atoms with E-state index in [1.54, 1.807) is 0 Å². The van der Waals surface area contributed by atoms with Crippen molar-refractivity contribution >= 4 is 11.7 Å². The van der Waals surface area contributed by atoms with Gasteiger partial charge in [0.2, 0.25) is 0 Å². The Morgan fingerprint density at radius 2 is 2.06 bits per heavy atom. The highest BCUT2D eigenvalue weighted by Gasteiger charge is 2.31. The molecule has 0 bridgehead atoms. The number of aliphatic hydroxyl groups is 2. The number of aliphatic carboxylic acids is 1. The second kappa shape index (κ2) is 5.43. The molecule has 0 fully saturated rings. The molecule has 1 aromatic rings. The third kappa shape index (κ3) is 2.73. The van der Waals surface area contributed by atoms with Gasteiger partial charge in [-0.1, -0.05) is 0 Å². The molecule has 0 radical (unpaired) electrons. The number of carbonyl (C=O) groups is 1. The van der Waals surface area contributed by atoms with Crippen LogP contribution in [0.25, 0.3) is 0 Å². The molecular formula is C10H11NO7. The topological polar surface area (TPSA) is 130 Å². The Bertz CT molecular complexity index is 473. The first-order valence-corrected chi connectivity index (χ1v) is 4.79. The first-order chi connectivity index (χ1) is 8.38. The van der Waals surface area contributed by atoms with Crippen molar-refractivity contribution in [1.29, 1.82) is 0 Å². The normalized spacial score (nSPS) is 13.7. The van der Waals surface area contributed by atoms with E-state index in [1.165, 1.54) is 13.2 Å². The Hall–Kier alpha value is -2.19. The van der Waals surface area contributed by atoms with Crippen molar-refractivity contribution in [3.63, 3.8) is 0 Å². The number of ether oxygens (including phenoxy) is 1. The maximum atomic E-state index is 10.7. The largest absolute Gasteiger partial charge is 0.497 e. The van der Waals surface area contributed by atoms with Crippen molar-refractivity contribution in [3.05, 3.63) is 33.9 Å². The number of methoxy groups -OCH3 is 1. The monoisotopic (exact) mass is 257 g/mol. The van der Waals surface area contributed by atoms with E-state index >= 15 is 0 Å². The van der Waals surface area contributed by atoms with Crippen molar-refractivity contribution in [2.24, 2.45) is 0 Å². The van der Waals surface area contributed by atoms with E-state index in [0.29, 0.717) is 0 Å². The maximum absolute atomic E-state index is 10.7. The van der Waals surface area contributed by atoms with Gasteiger partial charge in [-0.2, -0.15) is 0 Å². The Balaban J connectivity index is 3.26. The third-order valence-corrected chi connectivity index (χ3v) is 2.30.